The average Bonchev–Trinajstić information content (AvgIpc) is 2.59. The van der Waals surface area contributed by atoms with Crippen molar-refractivity contribution in [1.82, 2.24) is 9.78 Å². The van der Waals surface area contributed by atoms with E-state index in [1.54, 1.807) is 6.08 Å². The zero-order valence-electron chi connectivity index (χ0n) is 8.81. The van der Waals surface area contributed by atoms with Crippen LogP contribution in [-0.4, -0.2) is 9.78 Å². The number of aromatic nitrogens is 2. The predicted octanol–water partition coefficient (Wildman–Crippen LogP) is 1.70. The van der Waals surface area contributed by atoms with Gasteiger partial charge in [0.2, 0.25) is 0 Å². The number of halogens is 1. The van der Waals surface area contributed by atoms with Gasteiger partial charge in [0.1, 0.15) is 0 Å². The van der Waals surface area contributed by atoms with Crippen LogP contribution >= 0.6 is 0 Å². The molecule has 80 valence electrons. The van der Waals surface area contributed by atoms with E-state index in [4.69, 9.17) is 5.73 Å². The Bertz CT molecular complexity index is 395. The lowest BCUT2D eigenvalue weighted by Crippen LogP contribution is -2.16. The van der Waals surface area contributed by atoms with Crippen LogP contribution in [0.2, 0.25) is 0 Å². The van der Waals surface area contributed by atoms with E-state index >= 15 is 0 Å². The average molecular weight is 207 g/mol. The molecule has 1 atom stereocenters. The van der Waals surface area contributed by atoms with Gasteiger partial charge in [-0.05, 0) is 12.0 Å². The second-order valence-electron chi connectivity index (χ2n) is 3.48. The number of hydrogen-bond donors (Lipinski definition) is 1. The molecule has 1 heterocycles. The molecule has 1 rings (SSSR count). The van der Waals surface area contributed by atoms with Crippen molar-refractivity contribution in [3.8, 4) is 11.8 Å². The topological polar surface area (TPSA) is 43.8 Å². The van der Waals surface area contributed by atoms with Gasteiger partial charge in [-0.25, -0.2) is 9.07 Å². The molecule has 1 aromatic heterocycles. The molecule has 15 heavy (non-hydrogen) atoms. The summed E-state index contributed by atoms with van der Waals surface area (Å²) >= 11 is 0. The highest BCUT2D eigenvalue weighted by molar-refractivity contribution is 5.18. The molecule has 0 aromatic carbocycles. The standard InChI is InChI=1S/C11H14FN3/c1-9(2)5-3-4-6-11(13)15-8-10(12)7-14-15/h3,5,7-9,11H,13H2,1-2H3/b5-3+. The minimum Gasteiger partial charge on any atom is -0.299 e. The molecule has 0 saturated carbocycles. The summed E-state index contributed by atoms with van der Waals surface area (Å²) in [4.78, 5) is 0. The Morgan fingerprint density at radius 3 is 2.87 bits per heavy atom. The maximum atomic E-state index is 12.6. The number of nitrogens with zero attached hydrogens (tertiary/aromatic N) is 2. The monoisotopic (exact) mass is 207 g/mol. The smallest absolute Gasteiger partial charge is 0.161 e. The second kappa shape index (κ2) is 5.32. The third-order valence-corrected chi connectivity index (χ3v) is 1.65. The zero-order chi connectivity index (χ0) is 11.3. The molecule has 0 fully saturated rings. The summed E-state index contributed by atoms with van der Waals surface area (Å²) in [5.41, 5.74) is 5.65. The second-order valence-corrected chi connectivity index (χ2v) is 3.48. The van der Waals surface area contributed by atoms with E-state index in [0.29, 0.717) is 5.92 Å². The first kappa shape index (κ1) is 11.5. The van der Waals surface area contributed by atoms with Crippen molar-refractivity contribution < 1.29 is 4.39 Å². The Hall–Kier alpha value is -1.60. The highest BCUT2D eigenvalue weighted by Gasteiger charge is 2.01. The maximum absolute atomic E-state index is 12.6. The van der Waals surface area contributed by atoms with E-state index in [1.807, 2.05) is 6.08 Å². The van der Waals surface area contributed by atoms with E-state index in [1.165, 1.54) is 10.9 Å². The van der Waals surface area contributed by atoms with Crippen molar-refractivity contribution in [2.24, 2.45) is 11.7 Å². The molecule has 4 heteroatoms. The van der Waals surface area contributed by atoms with E-state index < -0.39 is 12.0 Å². The van der Waals surface area contributed by atoms with Gasteiger partial charge in [0.15, 0.2) is 12.0 Å². The largest absolute Gasteiger partial charge is 0.299 e. The van der Waals surface area contributed by atoms with Crippen LogP contribution in [0.1, 0.15) is 20.0 Å². The fourth-order valence-corrected chi connectivity index (χ4v) is 0.907. The van der Waals surface area contributed by atoms with Gasteiger partial charge < -0.3 is 0 Å². The summed E-state index contributed by atoms with van der Waals surface area (Å²) in [5, 5.41) is 3.72. The summed E-state index contributed by atoms with van der Waals surface area (Å²) in [6.07, 6.45) is 5.41. The molecule has 0 radical (unpaired) electrons. The summed E-state index contributed by atoms with van der Waals surface area (Å²) < 4.78 is 13.9. The molecule has 3 nitrogen and oxygen atoms in total. The lowest BCUT2D eigenvalue weighted by atomic mass is 10.2. The molecule has 0 aliphatic heterocycles. The highest BCUT2D eigenvalue weighted by Crippen LogP contribution is 1.99. The van der Waals surface area contributed by atoms with Crippen LogP contribution in [0.4, 0.5) is 4.39 Å². The highest BCUT2D eigenvalue weighted by atomic mass is 19.1. The van der Waals surface area contributed by atoms with E-state index in [-0.39, 0.29) is 0 Å². The summed E-state index contributed by atoms with van der Waals surface area (Å²) in [6, 6.07) is 0. The van der Waals surface area contributed by atoms with E-state index in [9.17, 15) is 4.39 Å². The predicted molar refractivity (Wildman–Crippen MR) is 57.2 cm³/mol. The first-order chi connectivity index (χ1) is 7.09. The van der Waals surface area contributed by atoms with Crippen LogP contribution in [0.25, 0.3) is 0 Å². The van der Waals surface area contributed by atoms with Crippen LogP contribution in [0.15, 0.2) is 24.5 Å². The normalized spacial score (nSPS) is 12.9. The zero-order valence-corrected chi connectivity index (χ0v) is 8.81. The van der Waals surface area contributed by atoms with Crippen molar-refractivity contribution in [2.45, 2.75) is 20.0 Å². The Morgan fingerprint density at radius 1 is 1.60 bits per heavy atom. The molecule has 0 bridgehead atoms. The maximum Gasteiger partial charge on any atom is 0.161 e. The lowest BCUT2D eigenvalue weighted by molar-refractivity contribution is 0.564. The number of hydrogen-bond acceptors (Lipinski definition) is 2. The summed E-state index contributed by atoms with van der Waals surface area (Å²) in [7, 11) is 0. The molecule has 0 aliphatic rings. The van der Waals surface area contributed by atoms with Gasteiger partial charge >= 0.3 is 0 Å². The fraction of sp³-hybridized carbons (Fsp3) is 0.364. The van der Waals surface area contributed by atoms with Crippen LogP contribution in [0.5, 0.6) is 0 Å². The van der Waals surface area contributed by atoms with Crippen LogP contribution in [0, 0.1) is 23.6 Å². The Labute approximate surface area is 88.8 Å². The van der Waals surface area contributed by atoms with Gasteiger partial charge in [0.25, 0.3) is 0 Å². The first-order valence-corrected chi connectivity index (χ1v) is 4.72. The third-order valence-electron chi connectivity index (χ3n) is 1.65. The molecule has 0 spiro atoms. The molecule has 1 aromatic rings. The van der Waals surface area contributed by atoms with Gasteiger partial charge in [-0.2, -0.15) is 5.10 Å². The molecular weight excluding hydrogens is 193 g/mol. The Kier molecular flexibility index (Phi) is 4.07. The Morgan fingerprint density at radius 2 is 2.33 bits per heavy atom. The van der Waals surface area contributed by atoms with Gasteiger partial charge in [-0.15, -0.1) is 0 Å². The number of allylic oxidation sites excluding steroid dienone is 2. The fourth-order valence-electron chi connectivity index (χ4n) is 0.907. The summed E-state index contributed by atoms with van der Waals surface area (Å²) in [5.74, 6) is 5.57. The minimum atomic E-state index is -0.605. The van der Waals surface area contributed by atoms with E-state index in [0.717, 1.165) is 6.20 Å². The molecule has 0 saturated heterocycles. The summed E-state index contributed by atoms with van der Waals surface area (Å²) in [6.45, 7) is 4.11. The van der Waals surface area contributed by atoms with Crippen LogP contribution in [0.3, 0.4) is 0 Å². The minimum absolute atomic E-state index is 0.412. The lowest BCUT2D eigenvalue weighted by Gasteiger charge is -2.02. The first-order valence-electron chi connectivity index (χ1n) is 4.72. The van der Waals surface area contributed by atoms with Gasteiger partial charge in [-0.3, -0.25) is 5.73 Å². The number of nitrogens with two attached hydrogens (primary N) is 1. The molecule has 0 aliphatic carbocycles. The third kappa shape index (κ3) is 3.96. The molecular formula is C11H14FN3. The van der Waals surface area contributed by atoms with E-state index in [2.05, 4.69) is 30.8 Å². The van der Waals surface area contributed by atoms with Gasteiger partial charge in [0, 0.05) is 0 Å². The van der Waals surface area contributed by atoms with Crippen molar-refractivity contribution in [1.29, 1.82) is 0 Å². The van der Waals surface area contributed by atoms with Gasteiger partial charge in [0.05, 0.1) is 12.4 Å². The van der Waals surface area contributed by atoms with Crippen molar-refractivity contribution in [3.63, 3.8) is 0 Å². The molecule has 1 unspecified atom stereocenters. The Balaban J connectivity index is 2.59. The molecule has 2 N–H and O–H groups in total. The molecule has 0 amide bonds. The van der Waals surface area contributed by atoms with Gasteiger partial charge in [-0.1, -0.05) is 31.8 Å². The van der Waals surface area contributed by atoms with Crippen molar-refractivity contribution in [2.75, 3.05) is 0 Å². The quantitative estimate of drug-likeness (QED) is 0.750. The van der Waals surface area contributed by atoms with Crippen LogP contribution in [-0.2, 0) is 0 Å². The van der Waals surface area contributed by atoms with Crippen molar-refractivity contribution >= 4 is 0 Å². The number of rotatable bonds is 2. The SMILES string of the molecule is CC(C)/C=C/C#CC(N)n1cc(F)cn1. The van der Waals surface area contributed by atoms with Crippen LogP contribution < -0.4 is 5.73 Å². The van der Waals surface area contributed by atoms with Crippen molar-refractivity contribution in [3.05, 3.63) is 30.4 Å².